The van der Waals surface area contributed by atoms with Gasteiger partial charge in [-0.3, -0.25) is 0 Å². The van der Waals surface area contributed by atoms with E-state index < -0.39 is 0 Å². The van der Waals surface area contributed by atoms with Crippen LogP contribution in [-0.2, 0) is 13.6 Å². The average Bonchev–Trinajstić information content (AvgIpc) is 3.04. The third-order valence-corrected chi connectivity index (χ3v) is 4.08. The van der Waals surface area contributed by atoms with Gasteiger partial charge < -0.3 is 14.6 Å². The summed E-state index contributed by atoms with van der Waals surface area (Å²) < 4.78 is 7.41. The topological polar surface area (TPSA) is 39.1 Å². The molecule has 1 aliphatic rings. The molecule has 1 aliphatic carbocycles. The number of fused-ring (bicyclic) bond motifs is 1. The van der Waals surface area contributed by atoms with Crippen LogP contribution in [0, 0.1) is 0 Å². The van der Waals surface area contributed by atoms with E-state index >= 15 is 0 Å². The zero-order chi connectivity index (χ0) is 13.2. The first-order valence-electron chi connectivity index (χ1n) is 7.00. The van der Waals surface area contributed by atoms with Crippen molar-refractivity contribution in [3.05, 3.63) is 24.0 Å². The minimum atomic E-state index is 0.675. The third-order valence-electron chi connectivity index (χ3n) is 4.08. The van der Waals surface area contributed by atoms with Crippen LogP contribution in [0.5, 0.6) is 5.75 Å². The molecule has 0 bridgehead atoms. The van der Waals surface area contributed by atoms with Gasteiger partial charge in [-0.15, -0.1) is 0 Å². The van der Waals surface area contributed by atoms with Crippen LogP contribution in [0.1, 0.15) is 31.5 Å². The van der Waals surface area contributed by atoms with Crippen molar-refractivity contribution in [3.63, 3.8) is 0 Å². The van der Waals surface area contributed by atoms with Crippen molar-refractivity contribution < 1.29 is 4.74 Å². The average molecular weight is 259 g/mol. The van der Waals surface area contributed by atoms with Crippen molar-refractivity contribution in [2.75, 3.05) is 7.11 Å². The first-order valence-corrected chi connectivity index (χ1v) is 7.00. The summed E-state index contributed by atoms with van der Waals surface area (Å²) in [6.45, 7) is 0.845. The Morgan fingerprint density at radius 1 is 1.37 bits per heavy atom. The van der Waals surface area contributed by atoms with Crippen LogP contribution < -0.4 is 10.1 Å². The van der Waals surface area contributed by atoms with Gasteiger partial charge in [0.15, 0.2) is 0 Å². The predicted molar refractivity (Wildman–Crippen MR) is 76.4 cm³/mol. The summed E-state index contributed by atoms with van der Waals surface area (Å²) in [5, 5.41) is 3.61. The zero-order valence-electron chi connectivity index (χ0n) is 11.6. The van der Waals surface area contributed by atoms with Crippen molar-refractivity contribution in [1.29, 1.82) is 0 Å². The normalized spacial score (nSPS) is 16.3. The molecule has 19 heavy (non-hydrogen) atoms. The number of rotatable bonds is 4. The molecule has 4 nitrogen and oxygen atoms in total. The first-order chi connectivity index (χ1) is 9.28. The highest BCUT2D eigenvalue weighted by Gasteiger charge is 2.15. The molecule has 102 valence electrons. The van der Waals surface area contributed by atoms with Gasteiger partial charge in [0.1, 0.15) is 11.6 Å². The maximum atomic E-state index is 5.25. The van der Waals surface area contributed by atoms with E-state index in [0.717, 1.165) is 29.2 Å². The largest absolute Gasteiger partial charge is 0.497 e. The highest BCUT2D eigenvalue weighted by Crippen LogP contribution is 2.22. The van der Waals surface area contributed by atoms with Crippen LogP contribution >= 0.6 is 0 Å². The number of hydrogen-bond donors (Lipinski definition) is 1. The number of benzene rings is 1. The highest BCUT2D eigenvalue weighted by atomic mass is 16.5. The Bertz CT molecular complexity index is 570. The van der Waals surface area contributed by atoms with Gasteiger partial charge in [-0.2, -0.15) is 0 Å². The highest BCUT2D eigenvalue weighted by molar-refractivity contribution is 5.77. The van der Waals surface area contributed by atoms with Gasteiger partial charge in [-0.05, 0) is 25.0 Å². The zero-order valence-corrected chi connectivity index (χ0v) is 11.6. The maximum Gasteiger partial charge on any atom is 0.123 e. The molecule has 1 fully saturated rings. The lowest BCUT2D eigenvalue weighted by atomic mass is 10.2. The van der Waals surface area contributed by atoms with Crippen molar-refractivity contribution in [1.82, 2.24) is 14.9 Å². The summed E-state index contributed by atoms with van der Waals surface area (Å²) in [5.41, 5.74) is 2.16. The van der Waals surface area contributed by atoms with Gasteiger partial charge in [0.25, 0.3) is 0 Å². The van der Waals surface area contributed by atoms with Crippen molar-refractivity contribution in [3.8, 4) is 5.75 Å². The molecule has 0 saturated heterocycles. The number of aryl methyl sites for hydroxylation is 1. The van der Waals surface area contributed by atoms with Gasteiger partial charge in [0, 0.05) is 19.2 Å². The Kier molecular flexibility index (Phi) is 3.42. The van der Waals surface area contributed by atoms with Gasteiger partial charge in [-0.1, -0.05) is 12.8 Å². The second-order valence-electron chi connectivity index (χ2n) is 5.30. The first kappa shape index (κ1) is 12.5. The molecule has 0 spiro atoms. The second kappa shape index (κ2) is 5.21. The fourth-order valence-electron chi connectivity index (χ4n) is 2.88. The minimum Gasteiger partial charge on any atom is -0.497 e. The molecule has 4 heteroatoms. The molecule has 0 atom stereocenters. The standard InChI is InChI=1S/C15H21N3O/c1-18-14-8-7-12(19-2)9-13(14)17-15(18)10-16-11-5-3-4-6-11/h7-9,11,16H,3-6,10H2,1-2H3. The molecule has 2 aromatic rings. The summed E-state index contributed by atoms with van der Waals surface area (Å²) in [7, 11) is 3.76. The van der Waals surface area contributed by atoms with E-state index in [1.165, 1.54) is 25.7 Å². The molecule has 0 aliphatic heterocycles. The van der Waals surface area contributed by atoms with Crippen molar-refractivity contribution in [2.24, 2.45) is 7.05 Å². The van der Waals surface area contributed by atoms with Gasteiger partial charge in [0.05, 0.1) is 24.7 Å². The van der Waals surface area contributed by atoms with Gasteiger partial charge in [0.2, 0.25) is 0 Å². The molecule has 1 heterocycles. The van der Waals surface area contributed by atoms with Crippen molar-refractivity contribution >= 4 is 11.0 Å². The smallest absolute Gasteiger partial charge is 0.123 e. The van der Waals surface area contributed by atoms with E-state index in [4.69, 9.17) is 9.72 Å². The number of aromatic nitrogens is 2. The molecule has 1 saturated carbocycles. The minimum absolute atomic E-state index is 0.675. The lowest BCUT2D eigenvalue weighted by molar-refractivity contribution is 0.415. The predicted octanol–water partition coefficient (Wildman–Crippen LogP) is 2.61. The van der Waals surface area contributed by atoms with Gasteiger partial charge in [-0.25, -0.2) is 4.98 Å². The summed E-state index contributed by atoms with van der Waals surface area (Å²) in [6.07, 6.45) is 5.32. The SMILES string of the molecule is COc1ccc2c(c1)nc(CNC1CCCC1)n2C. The van der Waals surface area contributed by atoms with E-state index in [2.05, 4.69) is 23.0 Å². The molecule has 0 radical (unpaired) electrons. The van der Waals surface area contributed by atoms with Crippen LogP contribution in [0.3, 0.4) is 0 Å². The number of imidazole rings is 1. The summed E-state index contributed by atoms with van der Waals surface area (Å²) in [5.74, 6) is 1.95. The Morgan fingerprint density at radius 2 is 2.16 bits per heavy atom. The molecule has 1 aromatic carbocycles. The van der Waals surface area contributed by atoms with E-state index in [9.17, 15) is 0 Å². The number of nitrogens with zero attached hydrogens (tertiary/aromatic N) is 2. The molecule has 1 aromatic heterocycles. The van der Waals surface area contributed by atoms with Crippen LogP contribution in [0.4, 0.5) is 0 Å². The van der Waals surface area contributed by atoms with E-state index in [-0.39, 0.29) is 0 Å². The van der Waals surface area contributed by atoms with Crippen molar-refractivity contribution in [2.45, 2.75) is 38.3 Å². The maximum absolute atomic E-state index is 5.25. The third kappa shape index (κ3) is 2.45. The molecule has 3 rings (SSSR count). The Morgan fingerprint density at radius 3 is 2.89 bits per heavy atom. The fourth-order valence-corrected chi connectivity index (χ4v) is 2.88. The summed E-state index contributed by atoms with van der Waals surface area (Å²) >= 11 is 0. The number of nitrogens with one attached hydrogen (secondary N) is 1. The monoisotopic (exact) mass is 259 g/mol. The lowest BCUT2D eigenvalue weighted by Gasteiger charge is -2.11. The van der Waals surface area contributed by atoms with E-state index in [1.807, 2.05) is 12.1 Å². The quantitative estimate of drug-likeness (QED) is 0.917. The second-order valence-corrected chi connectivity index (χ2v) is 5.30. The molecule has 0 amide bonds. The molecule has 1 N–H and O–H groups in total. The van der Waals surface area contributed by atoms with Crippen LogP contribution in [0.25, 0.3) is 11.0 Å². The molecular weight excluding hydrogens is 238 g/mol. The van der Waals surface area contributed by atoms with Gasteiger partial charge >= 0.3 is 0 Å². The summed E-state index contributed by atoms with van der Waals surface area (Å²) in [6, 6.07) is 6.72. The Hall–Kier alpha value is -1.55. The van der Waals surface area contributed by atoms with Crippen LogP contribution in [-0.4, -0.2) is 22.7 Å². The van der Waals surface area contributed by atoms with E-state index in [1.54, 1.807) is 7.11 Å². The fraction of sp³-hybridized carbons (Fsp3) is 0.533. The lowest BCUT2D eigenvalue weighted by Crippen LogP contribution is -2.26. The number of methoxy groups -OCH3 is 1. The Labute approximate surface area is 113 Å². The van der Waals surface area contributed by atoms with E-state index in [0.29, 0.717) is 6.04 Å². The Balaban J connectivity index is 1.80. The number of ether oxygens (including phenoxy) is 1. The molecular formula is C15H21N3O. The van der Waals surface area contributed by atoms with Crippen LogP contribution in [0.2, 0.25) is 0 Å². The number of hydrogen-bond acceptors (Lipinski definition) is 3. The summed E-state index contributed by atoms with van der Waals surface area (Å²) in [4.78, 5) is 4.70. The molecule has 0 unspecified atom stereocenters. The van der Waals surface area contributed by atoms with Crippen LogP contribution in [0.15, 0.2) is 18.2 Å².